The Morgan fingerprint density at radius 3 is 2.91 bits per heavy atom. The molecule has 1 fully saturated rings. The highest BCUT2D eigenvalue weighted by Crippen LogP contribution is 2.42. The fraction of sp³-hybridized carbons (Fsp3) is 0.500. The van der Waals surface area contributed by atoms with Crippen molar-refractivity contribution >= 4 is 23.2 Å². The second kappa shape index (κ2) is 6.77. The Hall–Kier alpha value is -1.14. The van der Waals surface area contributed by atoms with Crippen LogP contribution in [0.2, 0.25) is 10.0 Å². The van der Waals surface area contributed by atoms with E-state index in [1.807, 2.05) is 6.07 Å². The van der Waals surface area contributed by atoms with Crippen LogP contribution >= 0.6 is 23.2 Å². The summed E-state index contributed by atoms with van der Waals surface area (Å²) in [6, 6.07) is 5.33. The van der Waals surface area contributed by atoms with Crippen LogP contribution in [0.1, 0.15) is 25.8 Å². The number of ether oxygens (including phenoxy) is 2. The summed E-state index contributed by atoms with van der Waals surface area (Å²) < 4.78 is 14.1. The molecule has 1 aliphatic heterocycles. The van der Waals surface area contributed by atoms with Crippen LogP contribution in [0.4, 0.5) is 0 Å². The van der Waals surface area contributed by atoms with Crippen molar-refractivity contribution < 1.29 is 9.47 Å². The molecule has 7 heteroatoms. The van der Waals surface area contributed by atoms with Crippen molar-refractivity contribution in [2.45, 2.75) is 38.7 Å². The van der Waals surface area contributed by atoms with Crippen molar-refractivity contribution in [2.75, 3.05) is 6.61 Å². The van der Waals surface area contributed by atoms with Crippen LogP contribution in [0, 0.1) is 5.92 Å². The lowest BCUT2D eigenvalue weighted by molar-refractivity contribution is -0.192. The normalized spacial score (nSPS) is 25.7. The Morgan fingerprint density at radius 2 is 2.26 bits per heavy atom. The van der Waals surface area contributed by atoms with Gasteiger partial charge in [0.05, 0.1) is 17.7 Å². The average molecular weight is 356 g/mol. The fourth-order valence-corrected chi connectivity index (χ4v) is 3.26. The van der Waals surface area contributed by atoms with Crippen molar-refractivity contribution in [3.05, 3.63) is 46.5 Å². The highest BCUT2D eigenvalue weighted by molar-refractivity contribution is 6.35. The molecule has 0 spiro atoms. The van der Waals surface area contributed by atoms with Crippen LogP contribution in [-0.2, 0) is 21.8 Å². The number of aromatic nitrogens is 3. The lowest BCUT2D eigenvalue weighted by Gasteiger charge is -2.30. The lowest BCUT2D eigenvalue weighted by Crippen LogP contribution is -2.35. The number of benzene rings is 1. The predicted molar refractivity (Wildman–Crippen MR) is 88.4 cm³/mol. The summed E-state index contributed by atoms with van der Waals surface area (Å²) in [5.41, 5.74) is 0.755. The van der Waals surface area contributed by atoms with Crippen LogP contribution in [0.3, 0.4) is 0 Å². The first-order chi connectivity index (χ1) is 11.0. The van der Waals surface area contributed by atoms with Crippen LogP contribution in [-0.4, -0.2) is 27.5 Å². The Bertz CT molecular complexity index is 665. The first-order valence-corrected chi connectivity index (χ1v) is 8.39. The number of hydrogen-bond acceptors (Lipinski definition) is 4. The molecule has 3 unspecified atom stereocenters. The number of hydrogen-bond donors (Lipinski definition) is 0. The van der Waals surface area contributed by atoms with E-state index < -0.39 is 5.79 Å². The first-order valence-electron chi connectivity index (χ1n) is 7.64. The Morgan fingerprint density at radius 1 is 1.43 bits per heavy atom. The lowest BCUT2D eigenvalue weighted by atomic mass is 10.0. The molecular weight excluding hydrogens is 337 g/mol. The maximum absolute atomic E-state index is 6.41. The Kier molecular flexibility index (Phi) is 4.92. The van der Waals surface area contributed by atoms with E-state index in [0.29, 0.717) is 29.1 Å². The molecule has 0 aliphatic carbocycles. The number of halogens is 2. The van der Waals surface area contributed by atoms with E-state index in [1.165, 1.54) is 6.33 Å². The third kappa shape index (κ3) is 3.38. The van der Waals surface area contributed by atoms with Gasteiger partial charge in [0.15, 0.2) is 0 Å². The molecule has 3 atom stereocenters. The molecule has 3 rings (SSSR count). The molecule has 124 valence electrons. The molecule has 1 saturated heterocycles. The molecule has 1 aromatic heterocycles. The zero-order valence-electron chi connectivity index (χ0n) is 13.1. The van der Waals surface area contributed by atoms with Gasteiger partial charge in [0.25, 0.3) is 0 Å². The van der Waals surface area contributed by atoms with Crippen LogP contribution in [0.15, 0.2) is 30.9 Å². The smallest absolute Gasteiger partial charge is 0.217 e. The molecule has 0 saturated carbocycles. The van der Waals surface area contributed by atoms with Gasteiger partial charge in [-0.1, -0.05) is 49.5 Å². The van der Waals surface area contributed by atoms with Gasteiger partial charge < -0.3 is 9.47 Å². The van der Waals surface area contributed by atoms with Crippen molar-refractivity contribution in [1.29, 1.82) is 0 Å². The monoisotopic (exact) mass is 355 g/mol. The largest absolute Gasteiger partial charge is 0.342 e. The SMILES string of the molecule is CCC(C)C1COC(Cn2cncn2)(c2ccc(Cl)cc2Cl)O1. The maximum Gasteiger partial charge on any atom is 0.217 e. The standard InChI is InChI=1S/C16H19Cl2N3O2/c1-3-11(2)15-7-22-16(23-15,8-21-10-19-9-20-21)13-5-4-12(17)6-14(13)18/h4-6,9-11,15H,3,7-8H2,1-2H3. The van der Waals surface area contributed by atoms with E-state index in [9.17, 15) is 0 Å². The fourth-order valence-electron chi connectivity index (χ4n) is 2.71. The van der Waals surface area contributed by atoms with Crippen LogP contribution in [0.5, 0.6) is 0 Å². The van der Waals surface area contributed by atoms with Gasteiger partial charge in [-0.25, -0.2) is 9.67 Å². The van der Waals surface area contributed by atoms with E-state index in [0.717, 1.165) is 12.0 Å². The highest BCUT2D eigenvalue weighted by Gasteiger charge is 2.46. The van der Waals surface area contributed by atoms with Crippen molar-refractivity contribution in [2.24, 2.45) is 5.92 Å². The Labute approximate surface area is 145 Å². The van der Waals surface area contributed by atoms with E-state index in [-0.39, 0.29) is 6.10 Å². The van der Waals surface area contributed by atoms with Crippen LogP contribution < -0.4 is 0 Å². The maximum atomic E-state index is 6.41. The minimum atomic E-state index is -0.983. The summed E-state index contributed by atoms with van der Waals surface area (Å²) in [7, 11) is 0. The highest BCUT2D eigenvalue weighted by atomic mass is 35.5. The van der Waals surface area contributed by atoms with Gasteiger partial charge in [-0.2, -0.15) is 5.10 Å². The molecule has 1 aromatic carbocycles. The number of rotatable bonds is 5. The van der Waals surface area contributed by atoms with Gasteiger partial charge in [0.2, 0.25) is 5.79 Å². The molecule has 0 bridgehead atoms. The zero-order valence-corrected chi connectivity index (χ0v) is 14.6. The summed E-state index contributed by atoms with van der Waals surface area (Å²) >= 11 is 12.4. The topological polar surface area (TPSA) is 49.2 Å². The predicted octanol–water partition coefficient (Wildman–Crippen LogP) is 3.90. The minimum absolute atomic E-state index is 0.00951. The Balaban J connectivity index is 1.97. The van der Waals surface area contributed by atoms with E-state index >= 15 is 0 Å². The average Bonchev–Trinajstić information content (AvgIpc) is 3.17. The van der Waals surface area contributed by atoms with Crippen molar-refractivity contribution in [1.82, 2.24) is 14.8 Å². The molecular formula is C16H19Cl2N3O2. The number of nitrogens with zero attached hydrogens (tertiary/aromatic N) is 3. The molecule has 0 N–H and O–H groups in total. The molecule has 0 amide bonds. The summed E-state index contributed by atoms with van der Waals surface area (Å²) in [6.07, 6.45) is 4.14. The summed E-state index contributed by atoms with van der Waals surface area (Å²) in [6.45, 7) is 5.19. The van der Waals surface area contributed by atoms with Gasteiger partial charge in [0, 0.05) is 10.6 Å². The van der Waals surface area contributed by atoms with Gasteiger partial charge >= 0.3 is 0 Å². The molecule has 1 aliphatic rings. The summed E-state index contributed by atoms with van der Waals surface area (Å²) in [4.78, 5) is 3.98. The van der Waals surface area contributed by atoms with Crippen molar-refractivity contribution in [3.8, 4) is 0 Å². The van der Waals surface area contributed by atoms with Gasteiger partial charge in [-0.15, -0.1) is 0 Å². The summed E-state index contributed by atoms with van der Waals surface area (Å²) in [5.74, 6) is -0.595. The molecule has 2 heterocycles. The van der Waals surface area contributed by atoms with Crippen LogP contribution in [0.25, 0.3) is 0 Å². The molecule has 0 radical (unpaired) electrons. The first kappa shape index (κ1) is 16.7. The summed E-state index contributed by atoms with van der Waals surface area (Å²) in [5, 5.41) is 5.26. The second-order valence-electron chi connectivity index (χ2n) is 5.82. The quantitative estimate of drug-likeness (QED) is 0.815. The minimum Gasteiger partial charge on any atom is -0.342 e. The molecule has 23 heavy (non-hydrogen) atoms. The van der Waals surface area contributed by atoms with Crippen molar-refractivity contribution in [3.63, 3.8) is 0 Å². The van der Waals surface area contributed by atoms with Gasteiger partial charge in [-0.3, -0.25) is 0 Å². The third-order valence-electron chi connectivity index (χ3n) is 4.28. The second-order valence-corrected chi connectivity index (χ2v) is 6.67. The molecule has 2 aromatic rings. The third-order valence-corrected chi connectivity index (χ3v) is 4.83. The zero-order chi connectivity index (χ0) is 16.4. The van der Waals surface area contributed by atoms with Gasteiger partial charge in [0.1, 0.15) is 19.2 Å². The van der Waals surface area contributed by atoms with E-state index in [1.54, 1.807) is 23.1 Å². The van der Waals surface area contributed by atoms with E-state index in [2.05, 4.69) is 23.9 Å². The van der Waals surface area contributed by atoms with E-state index in [4.69, 9.17) is 32.7 Å². The van der Waals surface area contributed by atoms with Gasteiger partial charge in [-0.05, 0) is 18.1 Å². The molecule has 5 nitrogen and oxygen atoms in total.